The van der Waals surface area contributed by atoms with Gasteiger partial charge in [-0.2, -0.15) is 5.10 Å². The number of nitro groups is 1. The maximum Gasteiger partial charge on any atom is 0.271 e. The zero-order valence-electron chi connectivity index (χ0n) is 16.2. The lowest BCUT2D eigenvalue weighted by atomic mass is 10.1. The Kier molecular flexibility index (Phi) is 5.56. The van der Waals surface area contributed by atoms with Crippen LogP contribution >= 0.6 is 0 Å². The number of carbonyl (C=O) groups excluding carboxylic acids is 1. The van der Waals surface area contributed by atoms with Crippen molar-refractivity contribution in [3.05, 3.63) is 82.1 Å². The summed E-state index contributed by atoms with van der Waals surface area (Å²) in [5, 5.41) is 14.7. The maximum absolute atomic E-state index is 12.3. The van der Waals surface area contributed by atoms with Crippen molar-refractivity contribution in [2.45, 2.75) is 12.8 Å². The number of non-ortho nitro benzene ring substituents is 1. The Hall–Kier alpha value is -3.94. The van der Waals surface area contributed by atoms with E-state index in [1.54, 1.807) is 36.4 Å². The first kappa shape index (κ1) is 19.4. The van der Waals surface area contributed by atoms with Gasteiger partial charge >= 0.3 is 0 Å². The van der Waals surface area contributed by atoms with E-state index in [4.69, 9.17) is 4.42 Å². The van der Waals surface area contributed by atoms with E-state index in [0.29, 0.717) is 22.6 Å². The highest BCUT2D eigenvalue weighted by molar-refractivity contribution is 5.95. The van der Waals surface area contributed by atoms with Crippen molar-refractivity contribution in [2.75, 3.05) is 18.0 Å². The lowest BCUT2D eigenvalue weighted by Gasteiger charge is -2.17. The largest absolute Gasteiger partial charge is 0.455 e. The van der Waals surface area contributed by atoms with Gasteiger partial charge in [-0.15, -0.1) is 0 Å². The Morgan fingerprint density at radius 1 is 1.03 bits per heavy atom. The van der Waals surface area contributed by atoms with Crippen molar-refractivity contribution in [1.82, 2.24) is 5.43 Å². The molecule has 1 fully saturated rings. The number of hydrogen-bond donors (Lipinski definition) is 1. The Bertz CT molecular complexity index is 1070. The van der Waals surface area contributed by atoms with Gasteiger partial charge in [-0.3, -0.25) is 14.9 Å². The van der Waals surface area contributed by atoms with Gasteiger partial charge in [-0.25, -0.2) is 5.43 Å². The van der Waals surface area contributed by atoms with Crippen LogP contribution in [-0.4, -0.2) is 30.1 Å². The summed E-state index contributed by atoms with van der Waals surface area (Å²) in [6.07, 6.45) is 3.82. The maximum atomic E-state index is 12.3. The van der Waals surface area contributed by atoms with E-state index in [1.165, 1.54) is 31.2 Å². The topological polar surface area (TPSA) is 101 Å². The smallest absolute Gasteiger partial charge is 0.271 e. The fraction of sp³-hybridized carbons (Fsp3) is 0.182. The minimum atomic E-state index is -0.452. The molecule has 8 nitrogen and oxygen atoms in total. The average Bonchev–Trinajstić information content (AvgIpc) is 3.46. The molecule has 1 aliphatic heterocycles. The zero-order valence-corrected chi connectivity index (χ0v) is 16.2. The molecular formula is C22H20N4O4. The summed E-state index contributed by atoms with van der Waals surface area (Å²) in [7, 11) is 0. The molecule has 1 N–H and O–H groups in total. The Morgan fingerprint density at radius 2 is 1.73 bits per heavy atom. The van der Waals surface area contributed by atoms with Crippen LogP contribution in [0, 0.1) is 10.1 Å². The molecule has 0 bridgehead atoms. The van der Waals surface area contributed by atoms with Crippen molar-refractivity contribution in [3.8, 4) is 11.3 Å². The van der Waals surface area contributed by atoms with Gasteiger partial charge in [0, 0.05) is 42.0 Å². The average molecular weight is 404 g/mol. The van der Waals surface area contributed by atoms with Crippen LogP contribution in [0.4, 0.5) is 11.4 Å². The molecule has 2 aromatic carbocycles. The number of anilines is 1. The monoisotopic (exact) mass is 404 g/mol. The van der Waals surface area contributed by atoms with E-state index in [0.717, 1.165) is 18.8 Å². The lowest BCUT2D eigenvalue weighted by molar-refractivity contribution is -0.384. The Morgan fingerprint density at radius 3 is 2.40 bits per heavy atom. The second-order valence-corrected chi connectivity index (χ2v) is 6.95. The molecule has 1 amide bonds. The Balaban J connectivity index is 1.35. The van der Waals surface area contributed by atoms with Crippen LogP contribution in [0.3, 0.4) is 0 Å². The van der Waals surface area contributed by atoms with Gasteiger partial charge in [0.25, 0.3) is 11.6 Å². The lowest BCUT2D eigenvalue weighted by Crippen LogP contribution is -2.19. The van der Waals surface area contributed by atoms with Crippen LogP contribution in [-0.2, 0) is 0 Å². The van der Waals surface area contributed by atoms with Crippen LogP contribution in [0.5, 0.6) is 0 Å². The van der Waals surface area contributed by atoms with Crippen LogP contribution in [0.15, 0.2) is 70.2 Å². The number of hydrazone groups is 1. The van der Waals surface area contributed by atoms with Gasteiger partial charge in [-0.05, 0) is 61.4 Å². The van der Waals surface area contributed by atoms with Gasteiger partial charge in [0.05, 0.1) is 11.1 Å². The minimum Gasteiger partial charge on any atom is -0.455 e. The van der Waals surface area contributed by atoms with Gasteiger partial charge in [0.1, 0.15) is 11.5 Å². The number of hydrogen-bond acceptors (Lipinski definition) is 6. The number of carbonyl (C=O) groups is 1. The summed E-state index contributed by atoms with van der Waals surface area (Å²) >= 11 is 0. The third-order valence-electron chi connectivity index (χ3n) is 4.95. The summed E-state index contributed by atoms with van der Waals surface area (Å²) < 4.78 is 5.65. The first-order valence-electron chi connectivity index (χ1n) is 9.63. The van der Waals surface area contributed by atoms with Crippen LogP contribution in [0.25, 0.3) is 11.3 Å². The third-order valence-corrected chi connectivity index (χ3v) is 4.95. The summed E-state index contributed by atoms with van der Waals surface area (Å²) in [4.78, 5) is 24.8. The van der Waals surface area contributed by atoms with E-state index in [1.807, 2.05) is 12.1 Å². The second-order valence-electron chi connectivity index (χ2n) is 6.95. The normalized spacial score (nSPS) is 13.7. The van der Waals surface area contributed by atoms with Crippen molar-refractivity contribution in [2.24, 2.45) is 5.10 Å². The van der Waals surface area contributed by atoms with Gasteiger partial charge in [-0.1, -0.05) is 0 Å². The number of benzene rings is 2. The number of rotatable bonds is 6. The highest BCUT2D eigenvalue weighted by Gasteiger charge is 2.13. The molecule has 0 spiro atoms. The van der Waals surface area contributed by atoms with E-state index < -0.39 is 4.92 Å². The predicted molar refractivity (Wildman–Crippen MR) is 114 cm³/mol. The standard InChI is InChI=1S/C22H20N4O4/c27-22(17-5-7-18(8-6-17)25-13-1-2-14-25)24-23-15-20-11-12-21(30-20)16-3-9-19(10-4-16)26(28)29/h3-12,15H,1-2,13-14H2,(H,24,27)/b23-15+. The van der Waals surface area contributed by atoms with E-state index in [9.17, 15) is 14.9 Å². The SMILES string of the molecule is O=C(N/N=C/c1ccc(-c2ccc([N+](=O)[O-])cc2)o1)c1ccc(N2CCCC2)cc1. The van der Waals surface area contributed by atoms with Gasteiger partial charge in [0.15, 0.2) is 0 Å². The molecule has 30 heavy (non-hydrogen) atoms. The van der Waals surface area contributed by atoms with Crippen molar-refractivity contribution in [1.29, 1.82) is 0 Å². The molecule has 0 unspecified atom stereocenters. The Labute approximate surface area is 173 Å². The minimum absolute atomic E-state index is 0.0169. The predicted octanol–water partition coefficient (Wildman–Crippen LogP) is 4.22. The molecule has 1 saturated heterocycles. The third kappa shape index (κ3) is 4.38. The molecule has 0 saturated carbocycles. The van der Waals surface area contributed by atoms with Crippen LogP contribution in [0.1, 0.15) is 29.0 Å². The van der Waals surface area contributed by atoms with E-state index in [-0.39, 0.29) is 11.6 Å². The van der Waals surface area contributed by atoms with Crippen molar-refractivity contribution in [3.63, 3.8) is 0 Å². The molecule has 8 heteroatoms. The van der Waals surface area contributed by atoms with Crippen LogP contribution in [0.2, 0.25) is 0 Å². The summed E-state index contributed by atoms with van der Waals surface area (Å²) in [6, 6.07) is 17.0. The molecule has 3 aromatic rings. The van der Waals surface area contributed by atoms with Gasteiger partial charge in [0.2, 0.25) is 0 Å². The zero-order chi connectivity index (χ0) is 20.9. The first-order valence-corrected chi connectivity index (χ1v) is 9.63. The molecule has 0 atom stereocenters. The second kappa shape index (κ2) is 8.60. The fourth-order valence-corrected chi connectivity index (χ4v) is 3.34. The number of nitrogens with zero attached hydrogens (tertiary/aromatic N) is 3. The van der Waals surface area contributed by atoms with E-state index >= 15 is 0 Å². The molecule has 1 aromatic heterocycles. The molecule has 2 heterocycles. The van der Waals surface area contributed by atoms with Crippen molar-refractivity contribution < 1.29 is 14.1 Å². The first-order chi connectivity index (χ1) is 14.6. The number of furan rings is 1. The number of nitrogens with one attached hydrogen (secondary N) is 1. The van der Waals surface area contributed by atoms with Crippen molar-refractivity contribution >= 4 is 23.5 Å². The summed E-state index contributed by atoms with van der Waals surface area (Å²) in [5.41, 5.74) is 4.87. The fourth-order valence-electron chi connectivity index (χ4n) is 3.34. The highest BCUT2D eigenvalue weighted by atomic mass is 16.6. The highest BCUT2D eigenvalue weighted by Crippen LogP contribution is 2.24. The molecule has 152 valence electrons. The molecule has 0 aliphatic carbocycles. The summed E-state index contributed by atoms with van der Waals surface area (Å²) in [5.74, 6) is 0.699. The molecular weight excluding hydrogens is 384 g/mol. The molecule has 0 radical (unpaired) electrons. The summed E-state index contributed by atoms with van der Waals surface area (Å²) in [6.45, 7) is 2.11. The quantitative estimate of drug-likeness (QED) is 0.377. The van der Waals surface area contributed by atoms with Crippen LogP contribution < -0.4 is 10.3 Å². The number of amides is 1. The number of nitro benzene ring substituents is 1. The van der Waals surface area contributed by atoms with E-state index in [2.05, 4.69) is 15.4 Å². The molecule has 4 rings (SSSR count). The van der Waals surface area contributed by atoms with Gasteiger partial charge < -0.3 is 9.32 Å². The molecule has 1 aliphatic rings.